The van der Waals surface area contributed by atoms with Gasteiger partial charge in [-0.15, -0.1) is 12.4 Å². The third-order valence-electron chi connectivity index (χ3n) is 4.48. The van der Waals surface area contributed by atoms with E-state index < -0.39 is 25.6 Å². The summed E-state index contributed by atoms with van der Waals surface area (Å²) in [7, 11) is -7.57. The highest BCUT2D eigenvalue weighted by Crippen LogP contribution is 2.20. The van der Waals surface area contributed by atoms with Crippen LogP contribution in [0.15, 0.2) is 34.1 Å². The molecule has 0 heterocycles. The van der Waals surface area contributed by atoms with Crippen molar-refractivity contribution in [2.24, 2.45) is 5.73 Å². The quantitative estimate of drug-likeness (QED) is 0.592. The molecule has 0 aliphatic rings. The van der Waals surface area contributed by atoms with Crippen molar-refractivity contribution in [2.75, 3.05) is 19.6 Å². The van der Waals surface area contributed by atoms with Gasteiger partial charge in [0, 0.05) is 25.2 Å². The minimum atomic E-state index is -3.85. The van der Waals surface area contributed by atoms with Crippen LogP contribution >= 0.6 is 12.4 Å². The van der Waals surface area contributed by atoms with Crippen molar-refractivity contribution in [3.8, 4) is 0 Å². The number of hydrogen-bond donors (Lipinski definition) is 2. The fourth-order valence-electron chi connectivity index (χ4n) is 2.34. The molecule has 7 nitrogen and oxygen atoms in total. The van der Waals surface area contributed by atoms with E-state index >= 15 is 0 Å². The van der Waals surface area contributed by atoms with Crippen LogP contribution in [0.5, 0.6) is 0 Å². The molecule has 0 spiro atoms. The third-order valence-corrected chi connectivity index (χ3v) is 7.93. The van der Waals surface area contributed by atoms with Gasteiger partial charge in [-0.2, -0.15) is 4.31 Å². The van der Waals surface area contributed by atoms with Gasteiger partial charge >= 0.3 is 0 Å². The molecule has 0 unspecified atom stereocenters. The Hall–Kier alpha value is -0.710. The monoisotopic (exact) mass is 427 g/mol. The van der Waals surface area contributed by atoms with E-state index in [4.69, 9.17) is 5.73 Å². The number of rotatable bonds is 10. The first-order valence-corrected chi connectivity index (χ1v) is 11.4. The van der Waals surface area contributed by atoms with Crippen LogP contribution in [-0.2, 0) is 20.0 Å². The van der Waals surface area contributed by atoms with E-state index in [9.17, 15) is 16.8 Å². The lowest BCUT2D eigenvalue weighted by atomic mass is 9.95. The van der Waals surface area contributed by atoms with E-state index in [1.54, 1.807) is 13.8 Å². The molecular weight excluding hydrogens is 398 g/mol. The van der Waals surface area contributed by atoms with Crippen LogP contribution in [0.25, 0.3) is 0 Å². The zero-order chi connectivity index (χ0) is 19.3. The zero-order valence-electron chi connectivity index (χ0n) is 15.7. The molecule has 1 rings (SSSR count). The second-order valence-electron chi connectivity index (χ2n) is 5.96. The van der Waals surface area contributed by atoms with E-state index in [0.717, 1.165) is 0 Å². The largest absolute Gasteiger partial charge is 0.324 e. The Balaban J connectivity index is 0.00000625. The van der Waals surface area contributed by atoms with Crippen molar-refractivity contribution in [1.82, 2.24) is 9.03 Å². The SMILES string of the molecule is CCN(CC)S(=O)(=O)c1cccc(S(=O)(=O)NCC(N)(CC)CC)c1.Cl. The Kier molecular flexibility index (Phi) is 9.73. The molecule has 0 fully saturated rings. The number of sulfonamides is 2. The average Bonchev–Trinajstić information content (AvgIpc) is 2.60. The molecule has 0 aliphatic carbocycles. The van der Waals surface area contributed by atoms with Crippen LogP contribution in [-0.4, -0.2) is 46.3 Å². The molecule has 152 valence electrons. The maximum atomic E-state index is 12.6. The topological polar surface area (TPSA) is 110 Å². The summed E-state index contributed by atoms with van der Waals surface area (Å²) in [6, 6.07) is 5.39. The van der Waals surface area contributed by atoms with Crippen LogP contribution < -0.4 is 10.5 Å². The van der Waals surface area contributed by atoms with E-state index in [0.29, 0.717) is 25.9 Å². The lowest BCUT2D eigenvalue weighted by molar-refractivity contribution is 0.391. The first kappa shape index (κ1) is 25.3. The van der Waals surface area contributed by atoms with Crippen molar-refractivity contribution in [2.45, 2.75) is 55.9 Å². The molecule has 0 atom stereocenters. The van der Waals surface area contributed by atoms with Gasteiger partial charge < -0.3 is 5.73 Å². The normalized spacial score (nSPS) is 12.8. The van der Waals surface area contributed by atoms with Crippen molar-refractivity contribution < 1.29 is 16.8 Å². The van der Waals surface area contributed by atoms with Gasteiger partial charge in [-0.1, -0.05) is 33.8 Å². The fourth-order valence-corrected chi connectivity index (χ4v) is 5.10. The summed E-state index contributed by atoms with van der Waals surface area (Å²) in [5.74, 6) is 0. The van der Waals surface area contributed by atoms with Gasteiger partial charge in [0.1, 0.15) is 0 Å². The molecule has 1 aromatic carbocycles. The van der Waals surface area contributed by atoms with Crippen molar-refractivity contribution in [3.05, 3.63) is 24.3 Å². The summed E-state index contributed by atoms with van der Waals surface area (Å²) in [5, 5.41) is 0. The first-order valence-electron chi connectivity index (χ1n) is 8.45. The Labute approximate surface area is 163 Å². The number of nitrogens with zero attached hydrogens (tertiary/aromatic N) is 1. The summed E-state index contributed by atoms with van der Waals surface area (Å²) in [5.41, 5.74) is 5.50. The highest BCUT2D eigenvalue weighted by atomic mass is 35.5. The van der Waals surface area contributed by atoms with Gasteiger partial charge in [-0.3, -0.25) is 0 Å². The van der Waals surface area contributed by atoms with Crippen LogP contribution in [0.1, 0.15) is 40.5 Å². The molecule has 0 radical (unpaired) electrons. The predicted octanol–water partition coefficient (Wildman–Crippen LogP) is 1.93. The molecule has 0 aliphatic heterocycles. The minimum absolute atomic E-state index is 0. The van der Waals surface area contributed by atoms with Gasteiger partial charge in [0.25, 0.3) is 0 Å². The number of nitrogens with two attached hydrogens (primary N) is 1. The molecule has 0 saturated carbocycles. The Morgan fingerprint density at radius 3 is 1.96 bits per heavy atom. The number of benzene rings is 1. The summed E-state index contributed by atoms with van der Waals surface area (Å²) >= 11 is 0. The molecule has 10 heteroatoms. The molecule has 3 N–H and O–H groups in total. The molecule has 0 bridgehead atoms. The molecule has 0 saturated heterocycles. The minimum Gasteiger partial charge on any atom is -0.324 e. The van der Waals surface area contributed by atoms with Crippen molar-refractivity contribution in [1.29, 1.82) is 0 Å². The molecule has 26 heavy (non-hydrogen) atoms. The smallest absolute Gasteiger partial charge is 0.243 e. The Bertz CT molecular complexity index is 774. The fraction of sp³-hybridized carbons (Fsp3) is 0.625. The predicted molar refractivity (Wildman–Crippen MR) is 106 cm³/mol. The lowest BCUT2D eigenvalue weighted by Crippen LogP contribution is -2.49. The third kappa shape index (κ3) is 5.90. The Morgan fingerprint density at radius 2 is 1.50 bits per heavy atom. The number of hydrogen-bond acceptors (Lipinski definition) is 5. The maximum Gasteiger partial charge on any atom is 0.243 e. The zero-order valence-corrected chi connectivity index (χ0v) is 18.2. The summed E-state index contributed by atoms with van der Waals surface area (Å²) in [6.45, 7) is 7.99. The highest BCUT2D eigenvalue weighted by Gasteiger charge is 2.26. The van der Waals surface area contributed by atoms with Gasteiger partial charge in [-0.05, 0) is 31.0 Å². The van der Waals surface area contributed by atoms with Gasteiger partial charge in [-0.25, -0.2) is 21.6 Å². The van der Waals surface area contributed by atoms with Crippen molar-refractivity contribution in [3.63, 3.8) is 0 Å². The van der Waals surface area contributed by atoms with E-state index in [-0.39, 0.29) is 28.7 Å². The van der Waals surface area contributed by atoms with Crippen molar-refractivity contribution >= 4 is 32.5 Å². The maximum absolute atomic E-state index is 12.6. The van der Waals surface area contributed by atoms with Crippen LogP contribution in [0.2, 0.25) is 0 Å². The van der Waals surface area contributed by atoms with E-state index in [1.807, 2.05) is 13.8 Å². The van der Waals surface area contributed by atoms with Gasteiger partial charge in [0.15, 0.2) is 0 Å². The molecule has 0 aromatic heterocycles. The van der Waals surface area contributed by atoms with Gasteiger partial charge in [0.2, 0.25) is 20.0 Å². The molecule has 1 aromatic rings. The standard InChI is InChI=1S/C16H29N3O4S2.ClH/c1-5-16(17,6-2)13-18-24(20,21)14-10-9-11-15(12-14)25(22,23)19(7-3)8-4;/h9-12,18H,5-8,13,17H2,1-4H3;1H. The number of halogens is 1. The first-order chi connectivity index (χ1) is 11.6. The van der Waals surface area contributed by atoms with Crippen LogP contribution in [0.3, 0.4) is 0 Å². The number of nitrogens with one attached hydrogen (secondary N) is 1. The van der Waals surface area contributed by atoms with Crippen LogP contribution in [0.4, 0.5) is 0 Å². The molecular formula is C16H30ClN3O4S2. The van der Waals surface area contributed by atoms with E-state index in [2.05, 4.69) is 4.72 Å². The highest BCUT2D eigenvalue weighted by molar-refractivity contribution is 7.90. The summed E-state index contributed by atoms with van der Waals surface area (Å²) < 4.78 is 54.0. The second-order valence-corrected chi connectivity index (χ2v) is 9.66. The van der Waals surface area contributed by atoms with Crippen LogP contribution in [0, 0.1) is 0 Å². The van der Waals surface area contributed by atoms with E-state index in [1.165, 1.54) is 28.6 Å². The average molecular weight is 428 g/mol. The Morgan fingerprint density at radius 1 is 1.00 bits per heavy atom. The van der Waals surface area contributed by atoms with Gasteiger partial charge in [0.05, 0.1) is 9.79 Å². The second kappa shape index (κ2) is 10.0. The molecule has 0 amide bonds. The lowest BCUT2D eigenvalue weighted by Gasteiger charge is -2.26. The summed E-state index contributed by atoms with van der Waals surface area (Å²) in [4.78, 5) is -0.126. The summed E-state index contributed by atoms with van der Waals surface area (Å²) in [6.07, 6.45) is 1.25.